The number of hydrogen-bond donors (Lipinski definition) is 0. The topological polar surface area (TPSA) is 9.23 Å². The molecule has 0 aliphatic heterocycles. The number of hydrogen-bond acceptors (Lipinski definition) is 1. The van der Waals surface area contributed by atoms with E-state index >= 15 is 0 Å². The lowest BCUT2D eigenvalue weighted by Crippen LogP contribution is -2.28. The molecule has 0 aliphatic carbocycles. The molecule has 0 saturated heterocycles. The van der Waals surface area contributed by atoms with Crippen LogP contribution in [0.25, 0.3) is 0 Å². The largest absolute Gasteiger partial charge is 0.418 e. The van der Waals surface area contributed by atoms with E-state index in [1.54, 1.807) is 0 Å². The van der Waals surface area contributed by atoms with Crippen molar-refractivity contribution in [1.82, 2.24) is 0 Å². The van der Waals surface area contributed by atoms with E-state index in [1.165, 1.54) is 5.56 Å². The Morgan fingerprint density at radius 1 is 1.00 bits per heavy atom. The molecule has 0 aromatic heterocycles. The normalized spacial score (nSPS) is 15.1. The van der Waals surface area contributed by atoms with Gasteiger partial charge in [-0.3, -0.25) is 0 Å². The second kappa shape index (κ2) is 9.73. The summed E-state index contributed by atoms with van der Waals surface area (Å²) >= 11 is 0. The van der Waals surface area contributed by atoms with E-state index in [0.29, 0.717) is 0 Å². The molecule has 2 heteroatoms. The fourth-order valence-electron chi connectivity index (χ4n) is 2.45. The lowest BCUT2D eigenvalue weighted by molar-refractivity contribution is 0.0716. The van der Waals surface area contributed by atoms with Gasteiger partial charge in [0.25, 0.3) is 0 Å². The molecule has 0 saturated carbocycles. The fourth-order valence-corrected chi connectivity index (χ4v) is 3.06. The van der Waals surface area contributed by atoms with Crippen LogP contribution >= 0.6 is 0 Å². The van der Waals surface area contributed by atoms with Gasteiger partial charge in [0.15, 0.2) is 0 Å². The SMILES string of the molecule is CCC=CCCC(CC=CCC)(O[SiH3])c1ccccc1. The number of rotatable bonds is 9. The number of allylic oxidation sites excluding steroid dienone is 3. The van der Waals surface area contributed by atoms with Crippen molar-refractivity contribution < 1.29 is 4.43 Å². The molecule has 0 radical (unpaired) electrons. The molecule has 1 rings (SSSR count). The first kappa shape index (κ1) is 16.9. The average Bonchev–Trinajstić information content (AvgIpc) is 2.51. The Morgan fingerprint density at radius 2 is 1.65 bits per heavy atom. The lowest BCUT2D eigenvalue weighted by atomic mass is 9.86. The summed E-state index contributed by atoms with van der Waals surface area (Å²) in [6, 6.07) is 10.7. The molecule has 0 aliphatic rings. The molecule has 0 bridgehead atoms. The van der Waals surface area contributed by atoms with Crippen LogP contribution in [0.5, 0.6) is 0 Å². The molecule has 0 heterocycles. The fraction of sp³-hybridized carbons (Fsp3) is 0.444. The average molecular weight is 289 g/mol. The third-order valence-corrected chi connectivity index (χ3v) is 4.44. The van der Waals surface area contributed by atoms with Crippen molar-refractivity contribution in [3.63, 3.8) is 0 Å². The van der Waals surface area contributed by atoms with Crippen LogP contribution in [0.2, 0.25) is 0 Å². The molecule has 1 atom stereocenters. The highest BCUT2D eigenvalue weighted by atomic mass is 28.2. The first-order valence-electron chi connectivity index (χ1n) is 7.69. The van der Waals surface area contributed by atoms with Crippen LogP contribution in [0, 0.1) is 0 Å². The van der Waals surface area contributed by atoms with Crippen LogP contribution in [-0.4, -0.2) is 10.5 Å². The molecular formula is C18H28OSi. The van der Waals surface area contributed by atoms with Crippen molar-refractivity contribution in [2.24, 2.45) is 0 Å². The van der Waals surface area contributed by atoms with Crippen molar-refractivity contribution in [3.8, 4) is 0 Å². The van der Waals surface area contributed by atoms with Gasteiger partial charge in [0.1, 0.15) is 10.5 Å². The summed E-state index contributed by atoms with van der Waals surface area (Å²) in [6.45, 7) is 4.35. The maximum atomic E-state index is 6.10. The van der Waals surface area contributed by atoms with Crippen molar-refractivity contribution in [2.45, 2.75) is 51.6 Å². The zero-order valence-corrected chi connectivity index (χ0v) is 15.1. The molecule has 0 N–H and O–H groups in total. The smallest absolute Gasteiger partial charge is 0.147 e. The molecule has 110 valence electrons. The van der Waals surface area contributed by atoms with Gasteiger partial charge in [0, 0.05) is 0 Å². The minimum atomic E-state index is -0.142. The third kappa shape index (κ3) is 5.10. The van der Waals surface area contributed by atoms with Gasteiger partial charge in [0.2, 0.25) is 0 Å². The van der Waals surface area contributed by atoms with Gasteiger partial charge in [-0.25, -0.2) is 0 Å². The number of benzene rings is 1. The van der Waals surface area contributed by atoms with Crippen molar-refractivity contribution in [3.05, 3.63) is 60.2 Å². The lowest BCUT2D eigenvalue weighted by Gasteiger charge is -2.33. The minimum absolute atomic E-state index is 0.142. The Kier molecular flexibility index (Phi) is 8.24. The quantitative estimate of drug-likeness (QED) is 0.487. The molecule has 0 spiro atoms. The summed E-state index contributed by atoms with van der Waals surface area (Å²) in [6.07, 6.45) is 14.3. The van der Waals surface area contributed by atoms with Gasteiger partial charge in [-0.15, -0.1) is 0 Å². The van der Waals surface area contributed by atoms with E-state index < -0.39 is 0 Å². The molecule has 1 aromatic rings. The van der Waals surface area contributed by atoms with Gasteiger partial charge in [0.05, 0.1) is 5.60 Å². The van der Waals surface area contributed by atoms with Crippen LogP contribution < -0.4 is 0 Å². The van der Waals surface area contributed by atoms with Crippen molar-refractivity contribution in [1.29, 1.82) is 0 Å². The predicted octanol–water partition coefficient (Wildman–Crippen LogP) is 4.28. The standard InChI is InChI=1S/C18H28OSi/c1-3-5-7-12-16-18(19-20,15-11-6-4-2)17-13-9-8-10-14-17/h5-11,13-14H,3-4,12,15-16H2,1-2,20H3. The van der Waals surface area contributed by atoms with E-state index in [9.17, 15) is 0 Å². The summed E-state index contributed by atoms with van der Waals surface area (Å²) in [7, 11) is 0.760. The monoisotopic (exact) mass is 288 g/mol. The van der Waals surface area contributed by atoms with Crippen molar-refractivity contribution in [2.75, 3.05) is 0 Å². The summed E-state index contributed by atoms with van der Waals surface area (Å²) in [5.41, 5.74) is 1.16. The third-order valence-electron chi connectivity index (χ3n) is 3.66. The van der Waals surface area contributed by atoms with Gasteiger partial charge in [-0.05, 0) is 37.7 Å². The summed E-state index contributed by atoms with van der Waals surface area (Å²) in [4.78, 5) is 0. The minimum Gasteiger partial charge on any atom is -0.418 e. The first-order chi connectivity index (χ1) is 9.79. The maximum Gasteiger partial charge on any atom is 0.147 e. The van der Waals surface area contributed by atoms with Gasteiger partial charge >= 0.3 is 0 Å². The first-order valence-corrected chi connectivity index (χ1v) is 8.51. The van der Waals surface area contributed by atoms with Crippen LogP contribution in [0.3, 0.4) is 0 Å². The molecule has 0 fully saturated rings. The molecule has 0 amide bonds. The second-order valence-electron chi connectivity index (χ2n) is 5.07. The Bertz CT molecular complexity index is 411. The van der Waals surface area contributed by atoms with Gasteiger partial charge in [-0.2, -0.15) is 0 Å². The predicted molar refractivity (Wildman–Crippen MR) is 91.9 cm³/mol. The van der Waals surface area contributed by atoms with Crippen LogP contribution in [0.4, 0.5) is 0 Å². The van der Waals surface area contributed by atoms with Crippen LogP contribution in [-0.2, 0) is 10.0 Å². The van der Waals surface area contributed by atoms with Gasteiger partial charge < -0.3 is 4.43 Å². The molecule has 1 unspecified atom stereocenters. The van der Waals surface area contributed by atoms with Gasteiger partial charge in [-0.1, -0.05) is 68.5 Å². The summed E-state index contributed by atoms with van der Waals surface area (Å²) < 4.78 is 6.10. The van der Waals surface area contributed by atoms with Crippen LogP contribution in [0.1, 0.15) is 51.5 Å². The molecule has 1 aromatic carbocycles. The highest BCUT2D eigenvalue weighted by molar-refractivity contribution is 5.98. The van der Waals surface area contributed by atoms with Crippen LogP contribution in [0.15, 0.2) is 54.6 Å². The van der Waals surface area contributed by atoms with E-state index in [1.807, 2.05) is 0 Å². The van der Waals surface area contributed by atoms with E-state index in [4.69, 9.17) is 4.43 Å². The second-order valence-corrected chi connectivity index (χ2v) is 5.47. The molecular weight excluding hydrogens is 260 g/mol. The Morgan fingerprint density at radius 3 is 2.25 bits per heavy atom. The highest BCUT2D eigenvalue weighted by Gasteiger charge is 2.29. The maximum absolute atomic E-state index is 6.10. The Labute approximate surface area is 127 Å². The zero-order chi connectivity index (χ0) is 14.7. The van der Waals surface area contributed by atoms with Crippen molar-refractivity contribution >= 4 is 10.5 Å². The molecule has 20 heavy (non-hydrogen) atoms. The summed E-state index contributed by atoms with van der Waals surface area (Å²) in [5.74, 6) is 0. The van der Waals surface area contributed by atoms with E-state index in [-0.39, 0.29) is 5.60 Å². The Balaban J connectivity index is 2.90. The van der Waals surface area contributed by atoms with E-state index in [2.05, 4.69) is 68.5 Å². The molecule has 1 nitrogen and oxygen atoms in total. The summed E-state index contributed by atoms with van der Waals surface area (Å²) in [5, 5.41) is 0. The Hall–Kier alpha value is -1.12. The highest BCUT2D eigenvalue weighted by Crippen LogP contribution is 2.34. The van der Waals surface area contributed by atoms with E-state index in [0.717, 1.165) is 42.6 Å². The zero-order valence-electron chi connectivity index (χ0n) is 13.1.